The Morgan fingerprint density at radius 2 is 0.505 bits per heavy atom. The van der Waals surface area contributed by atoms with Gasteiger partial charge in [0.05, 0.1) is 26.4 Å². The van der Waals surface area contributed by atoms with E-state index in [1.165, 1.54) is 231 Å². The van der Waals surface area contributed by atoms with E-state index in [1.54, 1.807) is 0 Å². The van der Waals surface area contributed by atoms with E-state index < -0.39 is 97.5 Å². The zero-order chi connectivity index (χ0) is 74.4. The molecule has 0 aliphatic heterocycles. The van der Waals surface area contributed by atoms with E-state index in [-0.39, 0.29) is 25.7 Å². The molecule has 0 aliphatic rings. The molecule has 19 heteroatoms. The Bertz CT molecular complexity index is 1960. The van der Waals surface area contributed by atoms with Crippen molar-refractivity contribution in [3.63, 3.8) is 0 Å². The quantitative estimate of drug-likeness (QED) is 0.0222. The molecule has 0 aliphatic carbocycles. The molecule has 0 bridgehead atoms. The third-order valence-corrected chi connectivity index (χ3v) is 21.8. The summed E-state index contributed by atoms with van der Waals surface area (Å²) in [7, 11) is -9.92. The lowest BCUT2D eigenvalue weighted by atomic mass is 9.99. The average molecular weight is 1480 g/mol. The zero-order valence-corrected chi connectivity index (χ0v) is 68.2. The van der Waals surface area contributed by atoms with E-state index >= 15 is 0 Å². The second kappa shape index (κ2) is 72.3. The van der Waals surface area contributed by atoms with E-state index in [1.807, 2.05) is 0 Å². The fourth-order valence-electron chi connectivity index (χ4n) is 12.6. The van der Waals surface area contributed by atoms with Crippen molar-refractivity contribution in [1.29, 1.82) is 0 Å². The second-order valence-electron chi connectivity index (χ2n) is 30.5. The van der Waals surface area contributed by atoms with E-state index in [0.717, 1.165) is 108 Å². The SMILES string of the molecule is CCCCCCCCCCCCCCCCCCCCCCCC(=O)O[C@H](COC(=O)CCCCCCCCCCCCCCCCC(C)CC)COP(=O)(O)OC[C@@H](O)COP(=O)(O)OC[C@@H](COC(=O)CCCCCCCCCC(C)C)OC(=O)CCCCCCCCCCC(C)CC. The Balaban J connectivity index is 5.22. The van der Waals surface area contributed by atoms with Gasteiger partial charge in [-0.3, -0.25) is 37.3 Å². The van der Waals surface area contributed by atoms with Crippen molar-refractivity contribution in [1.82, 2.24) is 0 Å². The van der Waals surface area contributed by atoms with Gasteiger partial charge in [-0.25, -0.2) is 9.13 Å². The fourth-order valence-corrected chi connectivity index (χ4v) is 14.2. The van der Waals surface area contributed by atoms with Gasteiger partial charge >= 0.3 is 39.5 Å². The number of phosphoric ester groups is 2. The molecular formula is C82H160O17P2. The van der Waals surface area contributed by atoms with Crippen molar-refractivity contribution < 1.29 is 80.2 Å². The van der Waals surface area contributed by atoms with Crippen LogP contribution in [0.2, 0.25) is 0 Å². The summed E-state index contributed by atoms with van der Waals surface area (Å²) in [4.78, 5) is 73.0. The molecule has 0 aromatic heterocycles. The molecule has 600 valence electrons. The summed E-state index contributed by atoms with van der Waals surface area (Å²) in [5.74, 6) is 0.211. The van der Waals surface area contributed by atoms with Crippen molar-refractivity contribution >= 4 is 39.5 Å². The first-order valence-corrected chi connectivity index (χ1v) is 45.4. The van der Waals surface area contributed by atoms with Gasteiger partial charge in [0, 0.05) is 25.7 Å². The Kier molecular flexibility index (Phi) is 70.9. The molecule has 4 unspecified atom stereocenters. The number of carbonyl (C=O) groups excluding carboxylic acids is 4. The third-order valence-electron chi connectivity index (χ3n) is 19.9. The first-order valence-electron chi connectivity index (χ1n) is 42.4. The van der Waals surface area contributed by atoms with E-state index in [0.29, 0.717) is 31.6 Å². The highest BCUT2D eigenvalue weighted by molar-refractivity contribution is 7.47. The van der Waals surface area contributed by atoms with Crippen LogP contribution >= 0.6 is 15.6 Å². The van der Waals surface area contributed by atoms with Crippen LogP contribution in [0.4, 0.5) is 0 Å². The van der Waals surface area contributed by atoms with Gasteiger partial charge in [0.2, 0.25) is 0 Å². The summed E-state index contributed by atoms with van der Waals surface area (Å²) in [5.41, 5.74) is 0. The minimum atomic E-state index is -4.96. The molecule has 0 aromatic rings. The summed E-state index contributed by atoms with van der Waals surface area (Å²) in [5, 5.41) is 10.6. The predicted octanol–water partition coefficient (Wildman–Crippen LogP) is 24.5. The summed E-state index contributed by atoms with van der Waals surface area (Å²) in [6.07, 6.45) is 61.2. The molecule has 0 saturated heterocycles. The lowest BCUT2D eigenvalue weighted by Gasteiger charge is -2.21. The van der Waals surface area contributed by atoms with Gasteiger partial charge < -0.3 is 33.8 Å². The fraction of sp³-hybridized carbons (Fsp3) is 0.951. The largest absolute Gasteiger partial charge is 0.472 e. The number of unbranched alkanes of at least 4 members (excludes halogenated alkanes) is 46. The number of hydrogen-bond donors (Lipinski definition) is 3. The van der Waals surface area contributed by atoms with Crippen LogP contribution in [0, 0.1) is 17.8 Å². The van der Waals surface area contributed by atoms with Crippen LogP contribution in [0.5, 0.6) is 0 Å². The van der Waals surface area contributed by atoms with Gasteiger partial charge in [-0.1, -0.05) is 376 Å². The molecule has 0 heterocycles. The maximum Gasteiger partial charge on any atom is 0.472 e. The number of aliphatic hydroxyl groups is 1. The van der Waals surface area contributed by atoms with Crippen LogP contribution in [-0.2, 0) is 65.4 Å². The highest BCUT2D eigenvalue weighted by Crippen LogP contribution is 2.45. The Labute approximate surface area is 619 Å². The topological polar surface area (TPSA) is 237 Å². The number of aliphatic hydroxyl groups excluding tert-OH is 1. The monoisotopic (exact) mass is 1480 g/mol. The first-order chi connectivity index (χ1) is 48.8. The number of hydrogen-bond acceptors (Lipinski definition) is 15. The van der Waals surface area contributed by atoms with Crippen LogP contribution in [-0.4, -0.2) is 96.7 Å². The minimum absolute atomic E-state index is 0.104. The predicted molar refractivity (Wildman–Crippen MR) is 414 cm³/mol. The van der Waals surface area contributed by atoms with Crippen molar-refractivity contribution in [3.8, 4) is 0 Å². The summed E-state index contributed by atoms with van der Waals surface area (Å²) in [6.45, 7) is 11.9. The molecule has 0 radical (unpaired) electrons. The number of esters is 4. The molecule has 0 rings (SSSR count). The molecule has 0 aromatic carbocycles. The average Bonchev–Trinajstić information content (AvgIpc) is 0.965. The second-order valence-corrected chi connectivity index (χ2v) is 33.4. The normalized spacial score (nSPS) is 14.5. The van der Waals surface area contributed by atoms with Crippen molar-refractivity contribution in [2.45, 2.75) is 446 Å². The van der Waals surface area contributed by atoms with Gasteiger partial charge in [-0.05, 0) is 43.4 Å². The van der Waals surface area contributed by atoms with Crippen LogP contribution in [0.3, 0.4) is 0 Å². The van der Waals surface area contributed by atoms with E-state index in [2.05, 4.69) is 48.5 Å². The van der Waals surface area contributed by atoms with Crippen molar-refractivity contribution in [3.05, 3.63) is 0 Å². The highest BCUT2D eigenvalue weighted by atomic mass is 31.2. The molecule has 101 heavy (non-hydrogen) atoms. The standard InChI is InChI=1S/C82H160O17P2/c1-8-11-12-13-14-15-16-17-18-19-20-21-22-23-24-29-32-35-43-51-58-65-81(86)98-77(69-92-79(84)63-56-49-42-34-31-28-26-25-27-30-33-40-47-54-61-74(6)9-2)71-96-100(88,89)94-67-76(83)68-95-101(90,91)97-72-78(70-93-80(85)64-57-50-45-38-39-46-53-60-73(4)5)99-82(87)66-59-52-44-37-36-41-48-55-62-75(7)10-3/h73-78,83H,8-72H2,1-7H3,(H,88,89)(H,90,91)/t74?,75?,76-,77-,78-/m1/s1. The highest BCUT2D eigenvalue weighted by Gasteiger charge is 2.30. The molecule has 0 fully saturated rings. The number of carbonyl (C=O) groups is 4. The van der Waals surface area contributed by atoms with Gasteiger partial charge in [-0.15, -0.1) is 0 Å². The van der Waals surface area contributed by atoms with Gasteiger partial charge in [0.15, 0.2) is 12.2 Å². The van der Waals surface area contributed by atoms with E-state index in [9.17, 15) is 43.2 Å². The summed E-state index contributed by atoms with van der Waals surface area (Å²) in [6, 6.07) is 0. The minimum Gasteiger partial charge on any atom is -0.462 e. The number of phosphoric acid groups is 2. The molecule has 3 N–H and O–H groups in total. The lowest BCUT2D eigenvalue weighted by molar-refractivity contribution is -0.161. The third kappa shape index (κ3) is 73.4. The maximum atomic E-state index is 13.1. The molecular weight excluding hydrogens is 1320 g/mol. The number of rotatable bonds is 80. The van der Waals surface area contributed by atoms with Crippen molar-refractivity contribution in [2.24, 2.45) is 17.8 Å². The Morgan fingerprint density at radius 3 is 0.752 bits per heavy atom. The Hall–Kier alpha value is -1.94. The smallest absolute Gasteiger partial charge is 0.462 e. The molecule has 0 spiro atoms. The van der Waals surface area contributed by atoms with Crippen LogP contribution in [0.15, 0.2) is 0 Å². The Morgan fingerprint density at radius 1 is 0.287 bits per heavy atom. The van der Waals surface area contributed by atoms with Crippen LogP contribution in [0.1, 0.15) is 427 Å². The van der Waals surface area contributed by atoms with E-state index in [4.69, 9.17) is 37.0 Å². The zero-order valence-electron chi connectivity index (χ0n) is 66.4. The summed E-state index contributed by atoms with van der Waals surface area (Å²) >= 11 is 0. The van der Waals surface area contributed by atoms with Gasteiger partial charge in [0.25, 0.3) is 0 Å². The lowest BCUT2D eigenvalue weighted by Crippen LogP contribution is -2.30. The van der Waals surface area contributed by atoms with Gasteiger partial charge in [-0.2, -0.15) is 0 Å². The molecule has 0 saturated carbocycles. The van der Waals surface area contributed by atoms with Crippen molar-refractivity contribution in [2.75, 3.05) is 39.6 Å². The van der Waals surface area contributed by atoms with Crippen LogP contribution < -0.4 is 0 Å². The maximum absolute atomic E-state index is 13.1. The van der Waals surface area contributed by atoms with Crippen LogP contribution in [0.25, 0.3) is 0 Å². The molecule has 0 amide bonds. The first kappa shape index (κ1) is 99.1. The van der Waals surface area contributed by atoms with Gasteiger partial charge in [0.1, 0.15) is 19.3 Å². The number of ether oxygens (including phenoxy) is 4. The summed E-state index contributed by atoms with van der Waals surface area (Å²) < 4.78 is 68.7. The molecule has 17 nitrogen and oxygen atoms in total. The molecule has 7 atom stereocenters.